The van der Waals surface area contributed by atoms with Crippen LogP contribution < -0.4 is 5.56 Å². The third kappa shape index (κ3) is 2.49. The summed E-state index contributed by atoms with van der Waals surface area (Å²) in [6, 6.07) is 8.99. The zero-order chi connectivity index (χ0) is 19.3. The van der Waals surface area contributed by atoms with E-state index < -0.39 is 0 Å². The van der Waals surface area contributed by atoms with Gasteiger partial charge in [0.2, 0.25) is 11.1 Å². The van der Waals surface area contributed by atoms with E-state index in [9.17, 15) is 4.79 Å². The second-order valence-electron chi connectivity index (χ2n) is 5.81. The summed E-state index contributed by atoms with van der Waals surface area (Å²) in [7, 11) is 0. The van der Waals surface area contributed by atoms with Crippen molar-refractivity contribution in [1.82, 2.24) is 39.3 Å². The Kier molecular flexibility index (Phi) is 3.88. The number of hydrogen-bond donors (Lipinski definition) is 1. The van der Waals surface area contributed by atoms with Crippen molar-refractivity contribution in [1.29, 1.82) is 0 Å². The van der Waals surface area contributed by atoms with Crippen molar-refractivity contribution in [3.63, 3.8) is 0 Å². The van der Waals surface area contributed by atoms with Crippen LogP contribution in [0.15, 0.2) is 52.8 Å². The molecule has 0 saturated heterocycles. The number of benzene rings is 1. The van der Waals surface area contributed by atoms with Gasteiger partial charge < -0.3 is 0 Å². The lowest BCUT2D eigenvalue weighted by molar-refractivity contribution is 0.895. The molecule has 5 aromatic rings. The van der Waals surface area contributed by atoms with Crippen LogP contribution in [0.25, 0.3) is 33.9 Å². The first-order valence-electron chi connectivity index (χ1n) is 8.14. The lowest BCUT2D eigenvalue weighted by Crippen LogP contribution is -2.21. The van der Waals surface area contributed by atoms with Gasteiger partial charge in [0.25, 0.3) is 11.3 Å². The maximum atomic E-state index is 13.4. The van der Waals surface area contributed by atoms with Crippen molar-refractivity contribution in [3.8, 4) is 17.2 Å². The summed E-state index contributed by atoms with van der Waals surface area (Å²) in [6.07, 6.45) is 4.85. The molecule has 0 aliphatic rings. The van der Waals surface area contributed by atoms with Crippen LogP contribution in [0.5, 0.6) is 0 Å². The van der Waals surface area contributed by atoms with Gasteiger partial charge in [-0.3, -0.25) is 9.36 Å². The number of fused-ring (bicyclic) bond motifs is 2. The Balaban J connectivity index is 1.92. The smallest absolute Gasteiger partial charge is 0.268 e. The molecular weight excluding hydrogens is 400 g/mol. The lowest BCUT2D eigenvalue weighted by atomic mass is 10.1. The Morgan fingerprint density at radius 3 is 2.82 bits per heavy atom. The molecule has 0 aliphatic carbocycles. The van der Waals surface area contributed by atoms with Crippen molar-refractivity contribution >= 4 is 40.0 Å². The van der Waals surface area contributed by atoms with Gasteiger partial charge >= 0.3 is 0 Å². The maximum absolute atomic E-state index is 13.4. The Morgan fingerprint density at radius 1 is 1.18 bits per heavy atom. The first-order chi connectivity index (χ1) is 13.7. The number of aromatic nitrogens is 8. The Hall–Kier alpha value is -3.24. The van der Waals surface area contributed by atoms with E-state index in [2.05, 4.69) is 30.2 Å². The lowest BCUT2D eigenvalue weighted by Gasteiger charge is -2.11. The van der Waals surface area contributed by atoms with Crippen molar-refractivity contribution < 1.29 is 0 Å². The second kappa shape index (κ2) is 6.43. The van der Waals surface area contributed by atoms with Gasteiger partial charge in [0, 0.05) is 16.8 Å². The first-order valence-corrected chi connectivity index (χ1v) is 9.74. The molecule has 1 N–H and O–H groups in total. The van der Waals surface area contributed by atoms with Gasteiger partial charge in [-0.2, -0.15) is 19.6 Å². The van der Waals surface area contributed by atoms with Crippen LogP contribution in [0.1, 0.15) is 0 Å². The molecule has 0 amide bonds. The second-order valence-corrected chi connectivity index (χ2v) is 6.99. The standard InChI is InChI=1S/C17H11ClN8OS/c1-28-17-22-16(23-24-17)25-7-6-11-12(14(25)27)13(9-4-2-3-5-10(9)18)26-15(21-11)19-8-20-26/h2-8H,1H3,(H,22,23,24). The summed E-state index contributed by atoms with van der Waals surface area (Å²) in [5.41, 5.74) is 1.35. The number of nitrogens with one attached hydrogen (secondary N) is 1. The molecule has 0 aliphatic heterocycles. The summed E-state index contributed by atoms with van der Waals surface area (Å²) in [6.45, 7) is 0. The van der Waals surface area contributed by atoms with E-state index in [1.54, 1.807) is 18.3 Å². The highest BCUT2D eigenvalue weighted by molar-refractivity contribution is 7.98. The molecule has 11 heteroatoms. The van der Waals surface area contributed by atoms with Crippen molar-refractivity contribution in [2.24, 2.45) is 0 Å². The van der Waals surface area contributed by atoms with E-state index in [-0.39, 0.29) is 5.56 Å². The molecule has 28 heavy (non-hydrogen) atoms. The van der Waals surface area contributed by atoms with Gasteiger partial charge in [0.15, 0.2) is 0 Å². The average Bonchev–Trinajstić information content (AvgIpc) is 3.36. The largest absolute Gasteiger partial charge is 0.269 e. The Morgan fingerprint density at radius 2 is 2.04 bits per heavy atom. The number of aromatic amines is 1. The molecule has 1 aromatic carbocycles. The number of H-pyrrole nitrogens is 1. The van der Waals surface area contributed by atoms with E-state index in [4.69, 9.17) is 11.6 Å². The molecule has 5 rings (SSSR count). The van der Waals surface area contributed by atoms with Crippen molar-refractivity contribution in [2.75, 3.05) is 6.26 Å². The predicted octanol–water partition coefficient (Wildman–Crippen LogP) is 2.59. The molecule has 4 heterocycles. The van der Waals surface area contributed by atoms with Gasteiger partial charge in [0.05, 0.1) is 16.6 Å². The molecule has 0 bridgehead atoms. The molecule has 0 unspecified atom stereocenters. The fraction of sp³-hybridized carbons (Fsp3) is 0.0588. The highest BCUT2D eigenvalue weighted by Crippen LogP contribution is 2.31. The molecule has 0 spiro atoms. The quantitative estimate of drug-likeness (QED) is 0.455. The SMILES string of the molecule is CSc1n[nH]c(-n2ccc3nc4ncnn4c(-c4ccccc4Cl)c3c2=O)n1. The summed E-state index contributed by atoms with van der Waals surface area (Å²) in [5, 5.41) is 12.5. The molecule has 9 nitrogen and oxygen atoms in total. The molecule has 0 fully saturated rings. The molecule has 0 radical (unpaired) electrons. The van der Waals surface area contributed by atoms with Crippen LogP contribution in [0.4, 0.5) is 0 Å². The summed E-state index contributed by atoms with van der Waals surface area (Å²) in [4.78, 5) is 26.4. The molecule has 0 atom stereocenters. The van der Waals surface area contributed by atoms with E-state index in [1.165, 1.54) is 27.2 Å². The van der Waals surface area contributed by atoms with Crippen LogP contribution in [0.3, 0.4) is 0 Å². The van der Waals surface area contributed by atoms with E-state index in [0.717, 1.165) is 0 Å². The number of pyridine rings is 1. The van der Waals surface area contributed by atoms with Gasteiger partial charge in [-0.25, -0.2) is 10.1 Å². The van der Waals surface area contributed by atoms with E-state index in [1.807, 2.05) is 24.5 Å². The number of halogens is 1. The fourth-order valence-corrected chi connectivity index (χ4v) is 3.57. The van der Waals surface area contributed by atoms with Crippen LogP contribution in [0.2, 0.25) is 5.02 Å². The summed E-state index contributed by atoms with van der Waals surface area (Å²) < 4.78 is 2.91. The van der Waals surface area contributed by atoms with E-state index >= 15 is 0 Å². The Bertz CT molecular complexity index is 1410. The van der Waals surface area contributed by atoms with Crippen molar-refractivity contribution in [3.05, 3.63) is 58.2 Å². The highest BCUT2D eigenvalue weighted by atomic mass is 35.5. The fourth-order valence-electron chi connectivity index (χ4n) is 3.03. The summed E-state index contributed by atoms with van der Waals surface area (Å²) >= 11 is 7.81. The number of rotatable bonds is 3. The number of thioether (sulfide) groups is 1. The zero-order valence-corrected chi connectivity index (χ0v) is 15.9. The maximum Gasteiger partial charge on any atom is 0.269 e. The van der Waals surface area contributed by atoms with Gasteiger partial charge in [-0.05, 0) is 18.4 Å². The first kappa shape index (κ1) is 16.9. The third-order valence-electron chi connectivity index (χ3n) is 4.26. The van der Waals surface area contributed by atoms with Crippen molar-refractivity contribution in [2.45, 2.75) is 5.16 Å². The minimum atomic E-state index is -0.318. The average molecular weight is 411 g/mol. The van der Waals surface area contributed by atoms with E-state index in [0.29, 0.717) is 44.1 Å². The topological polar surface area (TPSA) is 107 Å². The monoisotopic (exact) mass is 410 g/mol. The minimum Gasteiger partial charge on any atom is -0.268 e. The van der Waals surface area contributed by atoms with Crippen LogP contribution >= 0.6 is 23.4 Å². The molecule has 0 saturated carbocycles. The van der Waals surface area contributed by atoms with Gasteiger partial charge in [-0.15, -0.1) is 5.10 Å². The highest BCUT2D eigenvalue weighted by Gasteiger charge is 2.20. The van der Waals surface area contributed by atoms with Gasteiger partial charge in [0.1, 0.15) is 6.33 Å². The van der Waals surface area contributed by atoms with Crippen LogP contribution in [-0.2, 0) is 0 Å². The van der Waals surface area contributed by atoms with Gasteiger partial charge in [-0.1, -0.05) is 41.6 Å². The normalized spacial score (nSPS) is 11.5. The van der Waals surface area contributed by atoms with Crippen LogP contribution in [0, 0.1) is 0 Å². The zero-order valence-electron chi connectivity index (χ0n) is 14.4. The molecular formula is C17H11ClN8OS. The predicted molar refractivity (Wildman–Crippen MR) is 106 cm³/mol. The molecule has 4 aromatic heterocycles. The Labute approximate surface area is 166 Å². The molecule has 138 valence electrons. The van der Waals surface area contributed by atoms with Crippen LogP contribution in [-0.4, -0.2) is 45.6 Å². The third-order valence-corrected chi connectivity index (χ3v) is 5.14. The number of nitrogens with zero attached hydrogens (tertiary/aromatic N) is 7. The number of hydrogen-bond acceptors (Lipinski definition) is 7. The minimum absolute atomic E-state index is 0.318. The summed E-state index contributed by atoms with van der Waals surface area (Å²) in [5.74, 6) is 0.698.